The zero-order chi connectivity index (χ0) is 15.2. The highest BCUT2D eigenvalue weighted by atomic mass is 19.3. The molecule has 0 aliphatic heterocycles. The number of halogens is 2. The van der Waals surface area contributed by atoms with Crippen LogP contribution in [0.15, 0.2) is 24.3 Å². The summed E-state index contributed by atoms with van der Waals surface area (Å²) in [5.41, 5.74) is 0.522. The Morgan fingerprint density at radius 2 is 1.90 bits per heavy atom. The van der Waals surface area contributed by atoms with Gasteiger partial charge in [0.05, 0.1) is 5.60 Å². The van der Waals surface area contributed by atoms with Crippen LogP contribution < -0.4 is 10.1 Å². The maximum absolute atomic E-state index is 12.4. The van der Waals surface area contributed by atoms with Crippen molar-refractivity contribution < 1.29 is 18.3 Å². The van der Waals surface area contributed by atoms with Crippen molar-refractivity contribution in [2.24, 2.45) is 0 Å². The molecule has 1 atom stereocenters. The number of rotatable bonds is 8. The molecule has 0 bridgehead atoms. The fraction of sp³-hybridized carbons (Fsp3) is 0.600. The van der Waals surface area contributed by atoms with E-state index in [1.54, 1.807) is 25.3 Å². The van der Waals surface area contributed by atoms with E-state index in [0.29, 0.717) is 0 Å². The molecule has 0 saturated carbocycles. The van der Waals surface area contributed by atoms with Crippen molar-refractivity contribution in [3.05, 3.63) is 29.8 Å². The molecule has 20 heavy (non-hydrogen) atoms. The number of para-hydroxylation sites is 1. The number of hydrogen-bond donors (Lipinski definition) is 1. The summed E-state index contributed by atoms with van der Waals surface area (Å²) in [4.78, 5) is 0. The van der Waals surface area contributed by atoms with Crippen LogP contribution in [0, 0.1) is 0 Å². The zero-order valence-electron chi connectivity index (χ0n) is 12.5. The molecule has 3 nitrogen and oxygen atoms in total. The van der Waals surface area contributed by atoms with E-state index in [9.17, 15) is 8.78 Å². The first-order valence-electron chi connectivity index (χ1n) is 6.68. The second-order valence-electron chi connectivity index (χ2n) is 5.31. The van der Waals surface area contributed by atoms with Crippen LogP contribution in [0.4, 0.5) is 8.78 Å². The van der Waals surface area contributed by atoms with E-state index >= 15 is 0 Å². The lowest BCUT2D eigenvalue weighted by Gasteiger charge is -2.24. The number of ether oxygens (including phenoxy) is 2. The third kappa shape index (κ3) is 5.43. The van der Waals surface area contributed by atoms with E-state index in [2.05, 4.69) is 10.1 Å². The summed E-state index contributed by atoms with van der Waals surface area (Å²) in [7, 11) is 1.68. The van der Waals surface area contributed by atoms with Crippen molar-refractivity contribution in [1.29, 1.82) is 0 Å². The van der Waals surface area contributed by atoms with Gasteiger partial charge in [0.25, 0.3) is 0 Å². The van der Waals surface area contributed by atoms with Gasteiger partial charge in [-0.1, -0.05) is 18.2 Å². The monoisotopic (exact) mass is 287 g/mol. The maximum atomic E-state index is 12.4. The molecule has 0 radical (unpaired) electrons. The Bertz CT molecular complexity index is 411. The van der Waals surface area contributed by atoms with E-state index in [1.165, 1.54) is 0 Å². The molecular weight excluding hydrogens is 264 g/mol. The third-order valence-corrected chi connectivity index (χ3v) is 3.33. The third-order valence-electron chi connectivity index (χ3n) is 3.33. The van der Waals surface area contributed by atoms with Gasteiger partial charge < -0.3 is 14.8 Å². The van der Waals surface area contributed by atoms with Crippen LogP contribution >= 0.6 is 0 Å². The molecule has 114 valence electrons. The Morgan fingerprint density at radius 3 is 2.50 bits per heavy atom. The number of methoxy groups -OCH3 is 1. The minimum absolute atomic E-state index is 0.0717. The van der Waals surface area contributed by atoms with Crippen LogP contribution in [0.5, 0.6) is 5.75 Å². The summed E-state index contributed by atoms with van der Waals surface area (Å²) >= 11 is 0. The number of benzene rings is 1. The predicted molar refractivity (Wildman–Crippen MR) is 75.2 cm³/mol. The molecule has 0 fully saturated rings. The van der Waals surface area contributed by atoms with Gasteiger partial charge in [0.1, 0.15) is 5.75 Å². The lowest BCUT2D eigenvalue weighted by Crippen LogP contribution is -2.30. The molecule has 0 amide bonds. The van der Waals surface area contributed by atoms with Gasteiger partial charge in [-0.2, -0.15) is 8.78 Å². The topological polar surface area (TPSA) is 30.5 Å². The van der Waals surface area contributed by atoms with Crippen LogP contribution in [0.1, 0.15) is 38.8 Å². The minimum atomic E-state index is -2.81. The molecule has 1 rings (SSSR count). The highest BCUT2D eigenvalue weighted by Gasteiger charge is 2.18. The Balaban J connectivity index is 2.61. The lowest BCUT2D eigenvalue weighted by atomic mass is 10.0. The van der Waals surface area contributed by atoms with Gasteiger partial charge in [-0.3, -0.25) is 0 Å². The summed E-state index contributed by atoms with van der Waals surface area (Å²) in [6.45, 7) is 3.86. The smallest absolute Gasteiger partial charge is 0.387 e. The first-order chi connectivity index (χ1) is 9.35. The number of alkyl halides is 2. The van der Waals surface area contributed by atoms with Crippen molar-refractivity contribution in [2.45, 2.75) is 45.4 Å². The minimum Gasteiger partial charge on any atom is -0.434 e. The molecular formula is C15H23F2NO2. The largest absolute Gasteiger partial charge is 0.434 e. The summed E-state index contributed by atoms with van der Waals surface area (Å²) in [5, 5.41) is 3.30. The maximum Gasteiger partial charge on any atom is 0.387 e. The van der Waals surface area contributed by atoms with Gasteiger partial charge in [-0.25, -0.2) is 0 Å². The summed E-state index contributed by atoms with van der Waals surface area (Å²) in [5.74, 6) is 0.216. The van der Waals surface area contributed by atoms with Crippen molar-refractivity contribution in [2.75, 3.05) is 13.7 Å². The van der Waals surface area contributed by atoms with Gasteiger partial charge in [-0.15, -0.1) is 0 Å². The van der Waals surface area contributed by atoms with Crippen molar-refractivity contribution >= 4 is 0 Å². The molecule has 0 aliphatic carbocycles. The predicted octanol–water partition coefficient (Wildman–Crippen LogP) is 3.75. The molecule has 1 N–H and O–H groups in total. The lowest BCUT2D eigenvalue weighted by molar-refractivity contribution is -0.0506. The first-order valence-corrected chi connectivity index (χ1v) is 6.68. The van der Waals surface area contributed by atoms with Gasteiger partial charge in [-0.05, 0) is 39.8 Å². The van der Waals surface area contributed by atoms with E-state index < -0.39 is 6.61 Å². The highest BCUT2D eigenvalue weighted by Crippen LogP contribution is 2.26. The molecule has 1 aromatic carbocycles. The SMILES string of the molecule is COC(C)(C)CCNC(C)c1ccccc1OC(F)F. The Hall–Kier alpha value is -1.20. The van der Waals surface area contributed by atoms with Crippen LogP contribution in [-0.2, 0) is 4.74 Å². The summed E-state index contributed by atoms with van der Waals surface area (Å²) < 4.78 is 34.6. The van der Waals surface area contributed by atoms with E-state index in [1.807, 2.05) is 26.8 Å². The molecule has 1 unspecified atom stereocenters. The molecule has 5 heteroatoms. The Morgan fingerprint density at radius 1 is 1.25 bits per heavy atom. The van der Waals surface area contributed by atoms with Crippen molar-refractivity contribution in [1.82, 2.24) is 5.32 Å². The molecule has 0 heterocycles. The van der Waals surface area contributed by atoms with Gasteiger partial charge in [0.2, 0.25) is 0 Å². The molecule has 0 aromatic heterocycles. The van der Waals surface area contributed by atoms with Crippen molar-refractivity contribution in [3.8, 4) is 5.75 Å². The normalized spacial score (nSPS) is 13.6. The van der Waals surface area contributed by atoms with Crippen LogP contribution in [0.2, 0.25) is 0 Å². The van der Waals surface area contributed by atoms with Gasteiger partial charge in [0.15, 0.2) is 0 Å². The Kier molecular flexibility index (Phi) is 6.36. The Labute approximate surface area is 119 Å². The molecule has 0 aliphatic rings. The average molecular weight is 287 g/mol. The van der Waals surface area contributed by atoms with E-state index in [4.69, 9.17) is 4.74 Å². The highest BCUT2D eigenvalue weighted by molar-refractivity contribution is 5.35. The van der Waals surface area contributed by atoms with Gasteiger partial charge in [0, 0.05) is 18.7 Å². The second kappa shape index (κ2) is 7.55. The fourth-order valence-electron chi connectivity index (χ4n) is 1.84. The molecule has 0 spiro atoms. The van der Waals surface area contributed by atoms with Gasteiger partial charge >= 0.3 is 6.61 Å². The van der Waals surface area contributed by atoms with E-state index in [-0.39, 0.29) is 17.4 Å². The number of hydrogen-bond acceptors (Lipinski definition) is 3. The first kappa shape index (κ1) is 16.9. The van der Waals surface area contributed by atoms with Crippen LogP contribution in [-0.4, -0.2) is 25.9 Å². The standard InChI is InChI=1S/C15H23F2NO2/c1-11(18-10-9-15(2,3)19-4)12-7-5-6-8-13(12)20-14(16)17/h5-8,11,14,18H,9-10H2,1-4H3. The zero-order valence-corrected chi connectivity index (χ0v) is 12.5. The summed E-state index contributed by atoms with van der Waals surface area (Å²) in [6, 6.07) is 6.76. The van der Waals surface area contributed by atoms with Crippen LogP contribution in [0.25, 0.3) is 0 Å². The molecule has 1 aromatic rings. The fourth-order valence-corrected chi connectivity index (χ4v) is 1.84. The van der Waals surface area contributed by atoms with E-state index in [0.717, 1.165) is 18.5 Å². The second-order valence-corrected chi connectivity index (χ2v) is 5.31. The molecule has 0 saturated heterocycles. The average Bonchev–Trinajstić information content (AvgIpc) is 2.38. The van der Waals surface area contributed by atoms with Crippen LogP contribution in [0.3, 0.4) is 0 Å². The quantitative estimate of drug-likeness (QED) is 0.790. The van der Waals surface area contributed by atoms with Crippen molar-refractivity contribution in [3.63, 3.8) is 0 Å². The number of nitrogens with one attached hydrogen (secondary N) is 1. The summed E-state index contributed by atoms with van der Waals surface area (Å²) in [6.07, 6.45) is 0.825.